The number of nitrogen functional groups attached to an aromatic ring is 2. The van der Waals surface area contributed by atoms with Crippen LogP contribution >= 0.6 is 23.5 Å². The molecule has 33 heavy (non-hydrogen) atoms. The first-order valence-corrected chi connectivity index (χ1v) is 13.0. The van der Waals surface area contributed by atoms with Gasteiger partial charge in [0.1, 0.15) is 17.7 Å². The number of nitrogens with zero attached hydrogens (tertiary/aromatic N) is 4. The molecule has 0 amide bonds. The summed E-state index contributed by atoms with van der Waals surface area (Å²) in [6, 6.07) is 0. The fourth-order valence-corrected chi connectivity index (χ4v) is 5.98. The summed E-state index contributed by atoms with van der Waals surface area (Å²) in [6.07, 6.45) is -4.18. The normalized spacial score (nSPS) is 29.7. The molecule has 3 rings (SSSR count). The molecule has 1 aliphatic heterocycles. The van der Waals surface area contributed by atoms with Crippen molar-refractivity contribution in [2.45, 2.75) is 31.0 Å². The molecular weight excluding hydrogens is 520 g/mol. The number of imidazole rings is 1. The predicted octanol–water partition coefficient (Wildman–Crippen LogP) is -0.680. The standard InChI is InChI=1S/C11H18FN6O12P3/c1-11(12)6(19)4(2-27-32(23,24)30-33(25,26)29-31(20,21)22)28-9(11)18-3-15-5-7(13)16-10(14)17-8(5)18/h3-4,6,9,19H,2H2,1H3,(H,23,24)(H,25,26)(H2,20,21,22)(H4,13,14,16,17)/t4?,6?,9-,11?/m1/s1. The number of rotatable bonds is 8. The zero-order valence-electron chi connectivity index (χ0n) is 16.3. The van der Waals surface area contributed by atoms with Crippen LogP contribution in [0.4, 0.5) is 16.2 Å². The molecule has 5 unspecified atom stereocenters. The van der Waals surface area contributed by atoms with Crippen molar-refractivity contribution in [3.63, 3.8) is 0 Å². The SMILES string of the molecule is CC1(F)C(O)C(COP(=O)(O)OP(=O)(O)OP(=O)(O)O)O[C@H]1n1cnc2c(N)nc(N)nc21. The predicted molar refractivity (Wildman–Crippen MR) is 103 cm³/mol. The first-order chi connectivity index (χ1) is 14.9. The molecule has 2 aromatic rings. The van der Waals surface area contributed by atoms with Gasteiger partial charge in [0.2, 0.25) is 5.95 Å². The number of aromatic nitrogens is 4. The molecule has 18 nitrogen and oxygen atoms in total. The first kappa shape index (κ1) is 26.0. The van der Waals surface area contributed by atoms with Gasteiger partial charge < -0.3 is 40.9 Å². The number of alkyl halides is 1. The number of aliphatic hydroxyl groups excluding tert-OH is 1. The summed E-state index contributed by atoms with van der Waals surface area (Å²) in [5.74, 6) is -0.371. The van der Waals surface area contributed by atoms with E-state index in [0.717, 1.165) is 17.8 Å². The lowest BCUT2D eigenvalue weighted by Crippen LogP contribution is -2.40. The second kappa shape index (κ2) is 8.57. The molecule has 3 heterocycles. The van der Waals surface area contributed by atoms with Crippen molar-refractivity contribution in [1.82, 2.24) is 19.5 Å². The maximum Gasteiger partial charge on any atom is 0.490 e. The second-order valence-corrected chi connectivity index (χ2v) is 11.2. The summed E-state index contributed by atoms with van der Waals surface area (Å²) < 4.78 is 67.2. The number of hydrogen-bond donors (Lipinski definition) is 7. The number of ether oxygens (including phenoxy) is 1. The monoisotopic (exact) mass is 538 g/mol. The van der Waals surface area contributed by atoms with Gasteiger partial charge >= 0.3 is 23.5 Å². The number of hydrogen-bond acceptors (Lipinski definition) is 13. The topological polar surface area (TPSA) is 285 Å². The quantitative estimate of drug-likeness (QED) is 0.205. The Balaban J connectivity index is 1.77. The Hall–Kier alpha value is -1.59. The Morgan fingerprint density at radius 1 is 1.18 bits per heavy atom. The number of fused-ring (bicyclic) bond motifs is 1. The van der Waals surface area contributed by atoms with Crippen LogP contribution in [0.25, 0.3) is 11.2 Å². The summed E-state index contributed by atoms with van der Waals surface area (Å²) in [5.41, 5.74) is 8.67. The number of aliphatic hydroxyl groups is 1. The Kier molecular flexibility index (Phi) is 6.76. The molecule has 22 heteroatoms. The van der Waals surface area contributed by atoms with Crippen molar-refractivity contribution in [1.29, 1.82) is 0 Å². The average Bonchev–Trinajstić information content (AvgIpc) is 3.10. The summed E-state index contributed by atoms with van der Waals surface area (Å²) in [7, 11) is -16.9. The minimum absolute atomic E-state index is 0.0467. The lowest BCUT2D eigenvalue weighted by Gasteiger charge is -2.24. The number of phosphoric ester groups is 1. The van der Waals surface area contributed by atoms with E-state index in [1.54, 1.807) is 0 Å². The van der Waals surface area contributed by atoms with Crippen molar-refractivity contribution >= 4 is 46.4 Å². The Morgan fingerprint density at radius 3 is 2.42 bits per heavy atom. The van der Waals surface area contributed by atoms with Gasteiger partial charge in [-0.3, -0.25) is 9.09 Å². The van der Waals surface area contributed by atoms with Crippen LogP contribution in [-0.4, -0.2) is 68.7 Å². The third-order valence-electron chi connectivity index (χ3n) is 4.25. The van der Waals surface area contributed by atoms with Crippen molar-refractivity contribution < 1.29 is 60.6 Å². The lowest BCUT2D eigenvalue weighted by molar-refractivity contribution is -0.0560. The third-order valence-corrected chi connectivity index (χ3v) is 8.06. The molecule has 1 aliphatic rings. The van der Waals surface area contributed by atoms with Crippen LogP contribution in [0, 0.1) is 0 Å². The van der Waals surface area contributed by atoms with Gasteiger partial charge in [-0.2, -0.15) is 18.6 Å². The fraction of sp³-hybridized carbons (Fsp3) is 0.545. The molecule has 0 aliphatic carbocycles. The maximum atomic E-state index is 15.3. The van der Waals surface area contributed by atoms with E-state index in [4.69, 9.17) is 30.9 Å². The molecule has 0 radical (unpaired) electrons. The molecular formula is C11H18FN6O12P3. The largest absolute Gasteiger partial charge is 0.490 e. The van der Waals surface area contributed by atoms with E-state index >= 15 is 4.39 Å². The maximum absolute atomic E-state index is 15.3. The minimum atomic E-state index is -5.76. The van der Waals surface area contributed by atoms with Crippen LogP contribution in [-0.2, 0) is 31.6 Å². The van der Waals surface area contributed by atoms with Gasteiger partial charge in [-0.1, -0.05) is 0 Å². The van der Waals surface area contributed by atoms with Gasteiger partial charge in [0.25, 0.3) is 0 Å². The average molecular weight is 538 g/mol. The first-order valence-electron chi connectivity index (χ1n) is 8.48. The van der Waals surface area contributed by atoms with Crippen molar-refractivity contribution in [3.8, 4) is 0 Å². The van der Waals surface area contributed by atoms with Crippen LogP contribution in [0.15, 0.2) is 6.33 Å². The zero-order chi connectivity index (χ0) is 25.0. The number of anilines is 2. The molecule has 0 spiro atoms. The molecule has 0 saturated carbocycles. The van der Waals surface area contributed by atoms with Crippen LogP contribution in [0.3, 0.4) is 0 Å². The van der Waals surface area contributed by atoms with E-state index in [1.807, 2.05) is 0 Å². The molecule has 1 fully saturated rings. The summed E-state index contributed by atoms with van der Waals surface area (Å²) >= 11 is 0. The van der Waals surface area contributed by atoms with Crippen molar-refractivity contribution in [3.05, 3.63) is 6.33 Å². The van der Waals surface area contributed by atoms with Crippen LogP contribution in [0.2, 0.25) is 0 Å². The van der Waals surface area contributed by atoms with Gasteiger partial charge in [-0.15, -0.1) is 0 Å². The molecule has 1 saturated heterocycles. The summed E-state index contributed by atoms with van der Waals surface area (Å²) in [5, 5.41) is 10.3. The van der Waals surface area contributed by atoms with E-state index in [9.17, 15) is 23.7 Å². The third kappa shape index (κ3) is 5.74. The zero-order valence-corrected chi connectivity index (χ0v) is 19.0. The fourth-order valence-electron chi connectivity index (χ4n) is 2.95. The van der Waals surface area contributed by atoms with Gasteiger partial charge in [0.15, 0.2) is 23.4 Å². The number of halogens is 1. The van der Waals surface area contributed by atoms with Gasteiger partial charge in [0.05, 0.1) is 12.9 Å². The van der Waals surface area contributed by atoms with Crippen LogP contribution < -0.4 is 11.5 Å². The van der Waals surface area contributed by atoms with Gasteiger partial charge in [0, 0.05) is 0 Å². The molecule has 9 N–H and O–H groups in total. The highest BCUT2D eigenvalue weighted by Gasteiger charge is 2.56. The van der Waals surface area contributed by atoms with E-state index in [-0.39, 0.29) is 22.9 Å². The van der Waals surface area contributed by atoms with Gasteiger partial charge in [-0.05, 0) is 6.92 Å². The lowest BCUT2D eigenvalue weighted by atomic mass is 9.98. The summed E-state index contributed by atoms with van der Waals surface area (Å²) in [6.45, 7) is -0.139. The molecule has 186 valence electrons. The molecule has 2 aromatic heterocycles. The highest BCUT2D eigenvalue weighted by molar-refractivity contribution is 7.66. The van der Waals surface area contributed by atoms with E-state index in [1.165, 1.54) is 0 Å². The summed E-state index contributed by atoms with van der Waals surface area (Å²) in [4.78, 5) is 47.2. The number of nitrogens with two attached hydrogens (primary N) is 2. The Bertz CT molecular complexity index is 1200. The molecule has 0 bridgehead atoms. The minimum Gasteiger partial charge on any atom is -0.387 e. The molecule has 0 aromatic carbocycles. The van der Waals surface area contributed by atoms with Crippen molar-refractivity contribution in [2.75, 3.05) is 18.1 Å². The second-order valence-electron chi connectivity index (χ2n) is 6.80. The van der Waals surface area contributed by atoms with E-state index < -0.39 is 54.2 Å². The Labute approximate surface area is 182 Å². The Morgan fingerprint density at radius 2 is 1.82 bits per heavy atom. The smallest absolute Gasteiger partial charge is 0.387 e. The number of phosphoric acid groups is 3. The van der Waals surface area contributed by atoms with E-state index in [2.05, 4.69) is 28.1 Å². The van der Waals surface area contributed by atoms with Gasteiger partial charge in [-0.25, -0.2) is 23.1 Å². The van der Waals surface area contributed by atoms with Crippen molar-refractivity contribution in [2.24, 2.45) is 0 Å². The van der Waals surface area contributed by atoms with Crippen LogP contribution in [0.5, 0.6) is 0 Å². The highest BCUT2D eigenvalue weighted by Crippen LogP contribution is 2.66. The highest BCUT2D eigenvalue weighted by atomic mass is 31.3. The molecule has 6 atom stereocenters. The van der Waals surface area contributed by atoms with Crippen LogP contribution in [0.1, 0.15) is 13.2 Å². The van der Waals surface area contributed by atoms with E-state index in [0.29, 0.717) is 0 Å².